The molecule has 5 rings (SSSR count). The minimum Gasteiger partial charge on any atom is -0.349 e. The molecule has 2 aliphatic rings. The number of carbonyl (C=O) groups is 1. The molecule has 5 heteroatoms. The maximum Gasteiger partial charge on any atom is 0.252 e. The molecule has 2 aliphatic carbocycles. The molecular formula is C22H24N4O. The molecular weight excluding hydrogens is 336 g/mol. The van der Waals surface area contributed by atoms with Crippen LogP contribution in [0.25, 0.3) is 11.0 Å². The lowest BCUT2D eigenvalue weighted by molar-refractivity contribution is 0.0952. The zero-order chi connectivity index (χ0) is 18.4. The maximum absolute atomic E-state index is 13.0. The Bertz CT molecular complexity index is 1000. The van der Waals surface area contributed by atoms with Crippen LogP contribution in [0.4, 0.5) is 0 Å². The van der Waals surface area contributed by atoms with E-state index in [2.05, 4.69) is 24.4 Å². The molecule has 0 aliphatic heterocycles. The second-order valence-electron chi connectivity index (χ2n) is 7.76. The van der Waals surface area contributed by atoms with Crippen molar-refractivity contribution in [3.8, 4) is 0 Å². The lowest BCUT2D eigenvalue weighted by atomic mass is 10.1. The van der Waals surface area contributed by atoms with Gasteiger partial charge in [0.1, 0.15) is 0 Å². The Kier molecular flexibility index (Phi) is 3.96. The summed E-state index contributed by atoms with van der Waals surface area (Å²) in [6, 6.07) is 12.6. The van der Waals surface area contributed by atoms with Crippen molar-refractivity contribution in [2.75, 3.05) is 0 Å². The number of benzene rings is 1. The van der Waals surface area contributed by atoms with Crippen LogP contribution >= 0.6 is 0 Å². The summed E-state index contributed by atoms with van der Waals surface area (Å²) < 4.78 is 1.99. The summed E-state index contributed by atoms with van der Waals surface area (Å²) in [6.07, 6.45) is 5.27. The van der Waals surface area contributed by atoms with E-state index < -0.39 is 0 Å². The number of nitrogens with one attached hydrogen (secondary N) is 1. The zero-order valence-corrected chi connectivity index (χ0v) is 15.6. The van der Waals surface area contributed by atoms with Crippen molar-refractivity contribution < 1.29 is 4.79 Å². The van der Waals surface area contributed by atoms with Crippen molar-refractivity contribution in [2.45, 2.75) is 57.5 Å². The Morgan fingerprint density at radius 1 is 1.19 bits per heavy atom. The number of pyridine rings is 1. The molecule has 3 aromatic rings. The van der Waals surface area contributed by atoms with Gasteiger partial charge in [-0.1, -0.05) is 37.3 Å². The summed E-state index contributed by atoms with van der Waals surface area (Å²) in [6.45, 7) is 2.75. The fraction of sp³-hybridized carbons (Fsp3) is 0.409. The molecule has 0 unspecified atom stereocenters. The van der Waals surface area contributed by atoms with Crippen LogP contribution in [-0.2, 0) is 13.0 Å². The van der Waals surface area contributed by atoms with Crippen LogP contribution < -0.4 is 5.32 Å². The highest BCUT2D eigenvalue weighted by atomic mass is 16.1. The van der Waals surface area contributed by atoms with Gasteiger partial charge < -0.3 is 5.32 Å². The van der Waals surface area contributed by atoms with Crippen LogP contribution in [0.1, 0.15) is 65.8 Å². The molecule has 2 fully saturated rings. The third-order valence-electron chi connectivity index (χ3n) is 5.44. The van der Waals surface area contributed by atoms with Crippen LogP contribution in [-0.4, -0.2) is 26.7 Å². The average molecular weight is 360 g/mol. The Morgan fingerprint density at radius 3 is 2.63 bits per heavy atom. The SMILES string of the molecule is CCc1cc(C(=O)NC2CC2)c2c(C3CC3)nn(Cc3ccccc3)c2n1. The molecule has 1 aromatic carbocycles. The predicted molar refractivity (Wildman–Crippen MR) is 105 cm³/mol. The lowest BCUT2D eigenvalue weighted by Crippen LogP contribution is -2.26. The molecule has 0 radical (unpaired) electrons. The number of carbonyl (C=O) groups excluding carboxylic acids is 1. The Balaban J connectivity index is 1.66. The Morgan fingerprint density at radius 2 is 1.96 bits per heavy atom. The van der Waals surface area contributed by atoms with E-state index in [0.29, 0.717) is 18.5 Å². The van der Waals surface area contributed by atoms with Crippen molar-refractivity contribution in [1.82, 2.24) is 20.1 Å². The number of hydrogen-bond donors (Lipinski definition) is 1. The first kappa shape index (κ1) is 16.5. The van der Waals surface area contributed by atoms with Crippen LogP contribution in [0.15, 0.2) is 36.4 Å². The minimum absolute atomic E-state index is 0.0285. The first-order chi connectivity index (χ1) is 13.2. The van der Waals surface area contributed by atoms with E-state index in [4.69, 9.17) is 10.1 Å². The van der Waals surface area contributed by atoms with Gasteiger partial charge in [-0.05, 0) is 43.7 Å². The maximum atomic E-state index is 13.0. The molecule has 1 amide bonds. The van der Waals surface area contributed by atoms with E-state index in [1.54, 1.807) is 0 Å². The molecule has 2 aromatic heterocycles. The largest absolute Gasteiger partial charge is 0.349 e. The Labute approximate surface area is 158 Å². The highest BCUT2D eigenvalue weighted by molar-refractivity contribution is 6.07. The number of aromatic nitrogens is 3. The molecule has 27 heavy (non-hydrogen) atoms. The normalized spacial score (nSPS) is 16.6. The third-order valence-corrected chi connectivity index (χ3v) is 5.44. The summed E-state index contributed by atoms with van der Waals surface area (Å²) in [4.78, 5) is 17.8. The van der Waals surface area contributed by atoms with E-state index in [1.807, 2.05) is 28.9 Å². The summed E-state index contributed by atoms with van der Waals surface area (Å²) in [5, 5.41) is 9.05. The molecule has 0 atom stereocenters. The van der Waals surface area contributed by atoms with Crippen LogP contribution in [0.2, 0.25) is 0 Å². The molecule has 0 saturated heterocycles. The number of fused-ring (bicyclic) bond motifs is 1. The minimum atomic E-state index is 0.0285. The fourth-order valence-corrected chi connectivity index (χ4v) is 3.61. The monoisotopic (exact) mass is 360 g/mol. The van der Waals surface area contributed by atoms with E-state index in [9.17, 15) is 4.79 Å². The van der Waals surface area contributed by atoms with Crippen molar-refractivity contribution in [2.24, 2.45) is 0 Å². The van der Waals surface area contributed by atoms with Gasteiger partial charge in [-0.2, -0.15) is 5.10 Å². The Hall–Kier alpha value is -2.69. The average Bonchev–Trinajstić information content (AvgIpc) is 3.62. The molecule has 5 nitrogen and oxygen atoms in total. The van der Waals surface area contributed by atoms with Gasteiger partial charge in [0.05, 0.1) is 23.2 Å². The number of hydrogen-bond acceptors (Lipinski definition) is 3. The summed E-state index contributed by atoms with van der Waals surface area (Å²) in [5.74, 6) is 0.493. The van der Waals surface area contributed by atoms with Gasteiger partial charge in [0.15, 0.2) is 5.65 Å². The number of nitrogens with zero attached hydrogens (tertiary/aromatic N) is 3. The van der Waals surface area contributed by atoms with E-state index >= 15 is 0 Å². The van der Waals surface area contributed by atoms with Gasteiger partial charge >= 0.3 is 0 Å². The first-order valence-corrected chi connectivity index (χ1v) is 9.98. The number of aryl methyl sites for hydroxylation is 1. The third kappa shape index (κ3) is 3.22. The standard InChI is InChI=1S/C22H24N4O/c1-2-16-12-18(22(27)24-17-10-11-17)19-20(15-8-9-15)25-26(21(19)23-16)13-14-6-4-3-5-7-14/h3-7,12,15,17H,2,8-11,13H2,1H3,(H,24,27). The molecule has 0 bridgehead atoms. The highest BCUT2D eigenvalue weighted by Crippen LogP contribution is 2.43. The van der Waals surface area contributed by atoms with Crippen LogP contribution in [0.3, 0.4) is 0 Å². The van der Waals surface area contributed by atoms with Crippen molar-refractivity contribution in [1.29, 1.82) is 0 Å². The summed E-state index contributed by atoms with van der Waals surface area (Å²) in [5.41, 5.74) is 4.79. The van der Waals surface area contributed by atoms with Crippen LogP contribution in [0.5, 0.6) is 0 Å². The van der Waals surface area contributed by atoms with Crippen molar-refractivity contribution in [3.63, 3.8) is 0 Å². The lowest BCUT2D eigenvalue weighted by Gasteiger charge is -2.09. The first-order valence-electron chi connectivity index (χ1n) is 9.98. The summed E-state index contributed by atoms with van der Waals surface area (Å²) >= 11 is 0. The fourth-order valence-electron chi connectivity index (χ4n) is 3.61. The number of rotatable bonds is 6. The topological polar surface area (TPSA) is 59.8 Å². The smallest absolute Gasteiger partial charge is 0.252 e. The molecule has 2 heterocycles. The predicted octanol–water partition coefficient (Wildman–Crippen LogP) is 3.81. The quantitative estimate of drug-likeness (QED) is 0.727. The van der Waals surface area contributed by atoms with Gasteiger partial charge in [0.25, 0.3) is 5.91 Å². The van der Waals surface area contributed by atoms with Crippen LogP contribution in [0, 0.1) is 0 Å². The van der Waals surface area contributed by atoms with Crippen molar-refractivity contribution in [3.05, 3.63) is 58.9 Å². The second-order valence-corrected chi connectivity index (χ2v) is 7.76. The molecule has 0 spiro atoms. The van der Waals surface area contributed by atoms with Gasteiger partial charge in [-0.15, -0.1) is 0 Å². The summed E-state index contributed by atoms with van der Waals surface area (Å²) in [7, 11) is 0. The van der Waals surface area contributed by atoms with Gasteiger partial charge in [0.2, 0.25) is 0 Å². The zero-order valence-electron chi connectivity index (χ0n) is 15.6. The highest BCUT2D eigenvalue weighted by Gasteiger charge is 2.33. The second kappa shape index (κ2) is 6.48. The molecule has 2 saturated carbocycles. The van der Waals surface area contributed by atoms with E-state index in [0.717, 1.165) is 60.1 Å². The molecule has 1 N–H and O–H groups in total. The van der Waals surface area contributed by atoms with Gasteiger partial charge in [-0.3, -0.25) is 4.79 Å². The van der Waals surface area contributed by atoms with Gasteiger partial charge in [-0.25, -0.2) is 9.67 Å². The molecule has 138 valence electrons. The number of amides is 1. The van der Waals surface area contributed by atoms with Gasteiger partial charge in [0, 0.05) is 17.7 Å². The van der Waals surface area contributed by atoms with E-state index in [-0.39, 0.29) is 5.91 Å². The van der Waals surface area contributed by atoms with E-state index in [1.165, 1.54) is 5.56 Å². The van der Waals surface area contributed by atoms with Crippen molar-refractivity contribution >= 4 is 16.9 Å².